The van der Waals surface area contributed by atoms with Crippen LogP contribution in [0, 0.1) is 0 Å². The molecule has 1 heterocycles. The van der Waals surface area contributed by atoms with E-state index in [1.54, 1.807) is 20.5 Å². The van der Waals surface area contributed by atoms with Gasteiger partial charge in [0.1, 0.15) is 12.2 Å². The van der Waals surface area contributed by atoms with Crippen LogP contribution >= 0.6 is 0 Å². The van der Waals surface area contributed by atoms with Crippen LogP contribution in [0.25, 0.3) is 0 Å². The molecule has 158 valence electrons. The van der Waals surface area contributed by atoms with E-state index >= 15 is 0 Å². The van der Waals surface area contributed by atoms with Crippen LogP contribution in [0.4, 0.5) is 0 Å². The van der Waals surface area contributed by atoms with E-state index in [9.17, 15) is 0 Å². The van der Waals surface area contributed by atoms with E-state index in [1.807, 2.05) is 12.1 Å². The molecule has 8 nitrogen and oxygen atoms in total. The van der Waals surface area contributed by atoms with Crippen molar-refractivity contribution in [2.75, 3.05) is 20.7 Å². The van der Waals surface area contributed by atoms with Crippen molar-refractivity contribution in [3.63, 3.8) is 0 Å². The number of hydrogen-bond acceptors (Lipinski definition) is 5. The molecular formula is C21H32N6O2. The Balaban J connectivity index is 1.57. The maximum Gasteiger partial charge on any atom is 0.191 e. The standard InChI is InChI=1S/C21H32N6O2/c1-4-19-26-25-15-27(19)13-12-23-21(22-2)24-14-16-8-7-11-18(28-3)20(16)29-17-9-5-6-10-17/h7-8,11,15,17H,4-6,9-10,12-14H2,1-3H3,(H2,22,23,24). The van der Waals surface area contributed by atoms with Gasteiger partial charge in [0.2, 0.25) is 0 Å². The fourth-order valence-electron chi connectivity index (χ4n) is 3.60. The third-order valence-electron chi connectivity index (χ3n) is 5.19. The molecule has 2 aromatic rings. The molecule has 1 aromatic carbocycles. The lowest BCUT2D eigenvalue weighted by molar-refractivity contribution is 0.198. The van der Waals surface area contributed by atoms with Crippen molar-refractivity contribution in [1.82, 2.24) is 25.4 Å². The number of nitrogens with zero attached hydrogens (tertiary/aromatic N) is 4. The Morgan fingerprint density at radius 2 is 2.10 bits per heavy atom. The van der Waals surface area contributed by atoms with E-state index in [0.717, 1.165) is 61.2 Å². The van der Waals surface area contributed by atoms with Crippen molar-refractivity contribution in [2.24, 2.45) is 4.99 Å². The largest absolute Gasteiger partial charge is 0.493 e. The predicted molar refractivity (Wildman–Crippen MR) is 113 cm³/mol. The molecule has 0 amide bonds. The fourth-order valence-corrected chi connectivity index (χ4v) is 3.60. The minimum atomic E-state index is 0.277. The Kier molecular flexibility index (Phi) is 7.72. The molecule has 1 saturated carbocycles. The van der Waals surface area contributed by atoms with Gasteiger partial charge in [-0.2, -0.15) is 0 Å². The highest BCUT2D eigenvalue weighted by molar-refractivity contribution is 5.79. The van der Waals surface area contributed by atoms with Crippen LogP contribution in [0.3, 0.4) is 0 Å². The monoisotopic (exact) mass is 400 g/mol. The van der Waals surface area contributed by atoms with Gasteiger partial charge >= 0.3 is 0 Å². The number of guanidine groups is 1. The molecule has 0 saturated heterocycles. The summed E-state index contributed by atoms with van der Waals surface area (Å²) in [7, 11) is 3.46. The number of rotatable bonds is 9. The summed E-state index contributed by atoms with van der Waals surface area (Å²) in [5.74, 6) is 3.34. The summed E-state index contributed by atoms with van der Waals surface area (Å²) < 4.78 is 13.9. The summed E-state index contributed by atoms with van der Waals surface area (Å²) in [4.78, 5) is 4.32. The molecule has 0 unspecified atom stereocenters. The van der Waals surface area contributed by atoms with Crippen molar-refractivity contribution >= 4 is 5.96 Å². The Morgan fingerprint density at radius 1 is 1.28 bits per heavy atom. The Morgan fingerprint density at radius 3 is 2.83 bits per heavy atom. The van der Waals surface area contributed by atoms with Gasteiger partial charge < -0.3 is 24.7 Å². The summed E-state index contributed by atoms with van der Waals surface area (Å²) in [5.41, 5.74) is 1.06. The van der Waals surface area contributed by atoms with Crippen LogP contribution in [0.1, 0.15) is 44.0 Å². The van der Waals surface area contributed by atoms with Gasteiger partial charge in [-0.15, -0.1) is 10.2 Å². The van der Waals surface area contributed by atoms with Crippen molar-refractivity contribution < 1.29 is 9.47 Å². The van der Waals surface area contributed by atoms with Gasteiger partial charge in [0.15, 0.2) is 17.5 Å². The van der Waals surface area contributed by atoms with Crippen molar-refractivity contribution in [3.05, 3.63) is 35.9 Å². The van der Waals surface area contributed by atoms with Crippen molar-refractivity contribution in [3.8, 4) is 11.5 Å². The molecule has 1 fully saturated rings. The lowest BCUT2D eigenvalue weighted by Gasteiger charge is -2.20. The third-order valence-corrected chi connectivity index (χ3v) is 5.19. The highest BCUT2D eigenvalue weighted by Crippen LogP contribution is 2.34. The molecule has 0 bridgehead atoms. The topological polar surface area (TPSA) is 85.6 Å². The Labute approximate surface area is 172 Å². The molecule has 1 aromatic heterocycles. The van der Waals surface area contributed by atoms with E-state index in [-0.39, 0.29) is 6.10 Å². The number of hydrogen-bond donors (Lipinski definition) is 2. The summed E-state index contributed by atoms with van der Waals surface area (Å²) in [6.07, 6.45) is 7.59. The number of para-hydroxylation sites is 1. The van der Waals surface area contributed by atoms with Crippen LogP contribution in [0.2, 0.25) is 0 Å². The number of ether oxygens (including phenoxy) is 2. The van der Waals surface area contributed by atoms with Gasteiger partial charge in [-0.1, -0.05) is 19.1 Å². The highest BCUT2D eigenvalue weighted by Gasteiger charge is 2.20. The van der Waals surface area contributed by atoms with Crippen LogP contribution in [0.5, 0.6) is 11.5 Å². The first-order chi connectivity index (χ1) is 14.2. The quantitative estimate of drug-likeness (QED) is 0.497. The van der Waals surface area contributed by atoms with Gasteiger partial charge in [0, 0.05) is 38.7 Å². The molecule has 0 aliphatic heterocycles. The van der Waals surface area contributed by atoms with E-state index in [1.165, 1.54) is 12.8 Å². The lowest BCUT2D eigenvalue weighted by atomic mass is 10.1. The van der Waals surface area contributed by atoms with Crippen molar-refractivity contribution in [1.29, 1.82) is 0 Å². The van der Waals surface area contributed by atoms with Crippen molar-refractivity contribution in [2.45, 2.75) is 58.2 Å². The average Bonchev–Trinajstić information content (AvgIpc) is 3.43. The molecule has 3 rings (SSSR count). The van der Waals surface area contributed by atoms with Gasteiger partial charge in [-0.05, 0) is 31.7 Å². The van der Waals surface area contributed by atoms with Crippen LogP contribution < -0.4 is 20.1 Å². The predicted octanol–water partition coefficient (Wildman–Crippen LogP) is 2.54. The molecule has 8 heteroatoms. The Hall–Kier alpha value is -2.77. The summed E-state index contributed by atoms with van der Waals surface area (Å²) >= 11 is 0. The highest BCUT2D eigenvalue weighted by atomic mass is 16.5. The zero-order valence-corrected chi connectivity index (χ0v) is 17.6. The first-order valence-corrected chi connectivity index (χ1v) is 10.4. The zero-order chi connectivity index (χ0) is 20.5. The number of nitrogens with one attached hydrogen (secondary N) is 2. The first-order valence-electron chi connectivity index (χ1n) is 10.4. The second kappa shape index (κ2) is 10.7. The van der Waals surface area contributed by atoms with E-state index in [0.29, 0.717) is 6.54 Å². The zero-order valence-electron chi connectivity index (χ0n) is 17.6. The lowest BCUT2D eigenvalue weighted by Crippen LogP contribution is -2.38. The smallest absolute Gasteiger partial charge is 0.191 e. The van der Waals surface area contributed by atoms with Gasteiger partial charge in [-0.3, -0.25) is 4.99 Å². The fraction of sp³-hybridized carbons (Fsp3) is 0.571. The molecule has 29 heavy (non-hydrogen) atoms. The maximum absolute atomic E-state index is 6.31. The molecule has 1 aliphatic rings. The van der Waals surface area contributed by atoms with E-state index in [2.05, 4.69) is 43.4 Å². The van der Waals surface area contributed by atoms with E-state index in [4.69, 9.17) is 9.47 Å². The number of methoxy groups -OCH3 is 1. The summed E-state index contributed by atoms with van der Waals surface area (Å²) in [5, 5.41) is 14.8. The number of aliphatic imine (C=N–C) groups is 1. The first kappa shape index (κ1) is 21.0. The van der Waals surface area contributed by atoms with Gasteiger partial charge in [0.25, 0.3) is 0 Å². The molecule has 0 spiro atoms. The summed E-state index contributed by atoms with van der Waals surface area (Å²) in [6, 6.07) is 6.01. The number of aromatic nitrogens is 3. The third kappa shape index (κ3) is 5.62. The molecule has 0 atom stereocenters. The molecule has 1 aliphatic carbocycles. The second-order valence-electron chi connectivity index (χ2n) is 7.12. The summed E-state index contributed by atoms with van der Waals surface area (Å²) in [6.45, 7) is 4.19. The molecule has 2 N–H and O–H groups in total. The van der Waals surface area contributed by atoms with Crippen LogP contribution in [-0.4, -0.2) is 47.5 Å². The van der Waals surface area contributed by atoms with Crippen LogP contribution in [-0.2, 0) is 19.5 Å². The van der Waals surface area contributed by atoms with Gasteiger partial charge in [0.05, 0.1) is 13.2 Å². The second-order valence-corrected chi connectivity index (χ2v) is 7.12. The number of aryl methyl sites for hydroxylation is 1. The average molecular weight is 401 g/mol. The molecular weight excluding hydrogens is 368 g/mol. The number of benzene rings is 1. The SMILES string of the molecule is CCc1nncn1CCNC(=NC)NCc1cccc(OC)c1OC1CCCC1. The minimum absolute atomic E-state index is 0.277. The van der Waals surface area contributed by atoms with Gasteiger partial charge in [-0.25, -0.2) is 0 Å². The maximum atomic E-state index is 6.31. The minimum Gasteiger partial charge on any atom is -0.493 e. The molecule has 0 radical (unpaired) electrons. The normalized spacial score (nSPS) is 14.8. The van der Waals surface area contributed by atoms with Crippen LogP contribution in [0.15, 0.2) is 29.5 Å². The Bertz CT molecular complexity index is 798. The van der Waals surface area contributed by atoms with E-state index < -0.39 is 0 Å².